The third-order valence-corrected chi connectivity index (χ3v) is 3.16. The molecule has 1 aromatic heterocycles. The van der Waals surface area contributed by atoms with Gasteiger partial charge in [-0.25, -0.2) is 9.37 Å². The number of nitrogens with two attached hydrogens (primary N) is 1. The molecule has 6 heteroatoms. The van der Waals surface area contributed by atoms with Crippen LogP contribution in [-0.2, 0) is 0 Å². The summed E-state index contributed by atoms with van der Waals surface area (Å²) in [4.78, 5) is 4.82. The molecule has 0 fully saturated rings. The highest BCUT2D eigenvalue weighted by molar-refractivity contribution is 7.99. The number of rotatable bonds is 4. The fraction of sp³-hybridized carbons (Fsp3) is 0.308. The van der Waals surface area contributed by atoms with Gasteiger partial charge in [-0.05, 0) is 38.6 Å². The van der Waals surface area contributed by atoms with E-state index in [1.165, 1.54) is 17.8 Å². The Kier molecular flexibility index (Phi) is 3.99. The number of aryl methyl sites for hydroxylation is 1. The van der Waals surface area contributed by atoms with Gasteiger partial charge in [0.25, 0.3) is 5.22 Å². The monoisotopic (exact) mass is 282 g/mol. The molecule has 1 aromatic carbocycles. The van der Waals surface area contributed by atoms with E-state index in [2.05, 4.69) is 4.98 Å². The van der Waals surface area contributed by atoms with Crippen molar-refractivity contribution in [2.75, 3.05) is 5.73 Å². The Balaban J connectivity index is 2.29. The van der Waals surface area contributed by atoms with Crippen LogP contribution in [0.5, 0.6) is 5.75 Å². The lowest BCUT2D eigenvalue weighted by molar-refractivity contribution is 0.230. The summed E-state index contributed by atoms with van der Waals surface area (Å²) < 4.78 is 24.3. The third-order valence-electron chi connectivity index (χ3n) is 2.22. The van der Waals surface area contributed by atoms with Gasteiger partial charge in [-0.2, -0.15) is 0 Å². The average Bonchev–Trinajstić information content (AvgIpc) is 2.70. The molecule has 0 saturated carbocycles. The molecule has 0 atom stereocenters. The Morgan fingerprint density at radius 1 is 1.42 bits per heavy atom. The third kappa shape index (κ3) is 3.41. The largest absolute Gasteiger partial charge is 0.488 e. The number of nitrogens with zero attached hydrogens (tertiary/aromatic N) is 1. The summed E-state index contributed by atoms with van der Waals surface area (Å²) in [6.07, 6.45) is 1.44. The SMILES string of the molecule is Cc1coc(Sc2cc(OC(C)C)c(F)cc2N)n1. The molecule has 0 saturated heterocycles. The summed E-state index contributed by atoms with van der Waals surface area (Å²) >= 11 is 1.24. The second kappa shape index (κ2) is 5.52. The van der Waals surface area contributed by atoms with E-state index in [-0.39, 0.29) is 11.9 Å². The van der Waals surface area contributed by atoms with Gasteiger partial charge in [0, 0.05) is 16.6 Å². The van der Waals surface area contributed by atoms with Crippen molar-refractivity contribution in [3.63, 3.8) is 0 Å². The summed E-state index contributed by atoms with van der Waals surface area (Å²) in [5, 5.41) is 0.464. The van der Waals surface area contributed by atoms with E-state index >= 15 is 0 Å². The van der Waals surface area contributed by atoms with Crippen molar-refractivity contribution in [2.45, 2.75) is 37.0 Å². The molecule has 2 N–H and O–H groups in total. The number of ether oxygens (including phenoxy) is 1. The van der Waals surface area contributed by atoms with Crippen molar-refractivity contribution in [3.05, 3.63) is 29.9 Å². The molecule has 2 rings (SSSR count). The number of hydrogen-bond donors (Lipinski definition) is 1. The van der Waals surface area contributed by atoms with Gasteiger partial charge in [-0.1, -0.05) is 0 Å². The highest BCUT2D eigenvalue weighted by Crippen LogP contribution is 2.35. The minimum atomic E-state index is -0.473. The molecular formula is C13H15FN2O2S. The summed E-state index contributed by atoms with van der Waals surface area (Å²) in [7, 11) is 0. The Morgan fingerprint density at radius 2 is 2.16 bits per heavy atom. The van der Waals surface area contributed by atoms with Gasteiger partial charge >= 0.3 is 0 Å². The lowest BCUT2D eigenvalue weighted by atomic mass is 10.3. The van der Waals surface area contributed by atoms with Crippen molar-refractivity contribution < 1.29 is 13.5 Å². The van der Waals surface area contributed by atoms with E-state index in [0.29, 0.717) is 15.8 Å². The molecule has 0 radical (unpaired) electrons. The van der Waals surface area contributed by atoms with Gasteiger partial charge in [0.15, 0.2) is 11.6 Å². The van der Waals surface area contributed by atoms with E-state index in [4.69, 9.17) is 14.9 Å². The van der Waals surface area contributed by atoms with Crippen LogP contribution in [-0.4, -0.2) is 11.1 Å². The zero-order valence-corrected chi connectivity index (χ0v) is 11.8. The number of oxazole rings is 1. The van der Waals surface area contributed by atoms with Gasteiger partial charge in [0.2, 0.25) is 0 Å². The van der Waals surface area contributed by atoms with Crippen molar-refractivity contribution in [3.8, 4) is 5.75 Å². The smallest absolute Gasteiger partial charge is 0.260 e. The predicted molar refractivity (Wildman–Crippen MR) is 71.9 cm³/mol. The lowest BCUT2D eigenvalue weighted by Crippen LogP contribution is -2.07. The summed E-state index contributed by atoms with van der Waals surface area (Å²) in [6, 6.07) is 2.81. The molecule has 2 aromatic rings. The fourth-order valence-corrected chi connectivity index (χ4v) is 2.27. The van der Waals surface area contributed by atoms with Crippen LogP contribution in [0.25, 0.3) is 0 Å². The molecule has 0 aliphatic heterocycles. The highest BCUT2D eigenvalue weighted by Gasteiger charge is 2.13. The maximum absolute atomic E-state index is 13.7. The van der Waals surface area contributed by atoms with Crippen LogP contribution in [0.4, 0.5) is 10.1 Å². The first-order valence-electron chi connectivity index (χ1n) is 5.81. The first-order chi connectivity index (χ1) is 8.95. The van der Waals surface area contributed by atoms with E-state index in [0.717, 1.165) is 5.69 Å². The highest BCUT2D eigenvalue weighted by atomic mass is 32.2. The number of hydrogen-bond acceptors (Lipinski definition) is 5. The molecule has 1 heterocycles. The molecule has 102 valence electrons. The molecule has 0 amide bonds. The number of anilines is 1. The molecule has 4 nitrogen and oxygen atoms in total. The Hall–Kier alpha value is -1.69. The van der Waals surface area contributed by atoms with Crippen LogP contribution >= 0.6 is 11.8 Å². The van der Waals surface area contributed by atoms with Crippen molar-refractivity contribution >= 4 is 17.4 Å². The molecule has 19 heavy (non-hydrogen) atoms. The number of halogens is 1. The molecule has 0 unspecified atom stereocenters. The van der Waals surface area contributed by atoms with Crippen LogP contribution in [0.3, 0.4) is 0 Å². The maximum Gasteiger partial charge on any atom is 0.260 e. The summed E-state index contributed by atoms with van der Waals surface area (Å²) in [6.45, 7) is 5.50. The molecular weight excluding hydrogens is 267 g/mol. The zero-order chi connectivity index (χ0) is 14.0. The van der Waals surface area contributed by atoms with Gasteiger partial charge in [-0.3, -0.25) is 0 Å². The second-order valence-electron chi connectivity index (χ2n) is 4.34. The molecule has 0 aliphatic rings. The number of nitrogen functional groups attached to an aromatic ring is 1. The van der Waals surface area contributed by atoms with Gasteiger partial charge in [-0.15, -0.1) is 0 Å². The van der Waals surface area contributed by atoms with Gasteiger partial charge in [0.05, 0.1) is 11.8 Å². The first-order valence-corrected chi connectivity index (χ1v) is 6.63. The molecule has 0 spiro atoms. The normalized spacial score (nSPS) is 11.0. The van der Waals surface area contributed by atoms with Crippen LogP contribution in [0.15, 0.2) is 32.9 Å². The van der Waals surface area contributed by atoms with E-state index in [1.54, 1.807) is 12.3 Å². The molecule has 0 aliphatic carbocycles. The van der Waals surface area contributed by atoms with Crippen molar-refractivity contribution in [1.29, 1.82) is 0 Å². The van der Waals surface area contributed by atoms with E-state index in [9.17, 15) is 4.39 Å². The van der Waals surface area contributed by atoms with Crippen molar-refractivity contribution in [1.82, 2.24) is 4.98 Å². The zero-order valence-electron chi connectivity index (χ0n) is 10.9. The first kappa shape index (κ1) is 13.7. The summed E-state index contributed by atoms with van der Waals surface area (Å²) in [5.41, 5.74) is 6.90. The Morgan fingerprint density at radius 3 is 2.74 bits per heavy atom. The molecule has 0 bridgehead atoms. The minimum Gasteiger partial charge on any atom is -0.488 e. The predicted octanol–water partition coefficient (Wildman–Crippen LogP) is 3.64. The van der Waals surface area contributed by atoms with Crippen LogP contribution in [0.1, 0.15) is 19.5 Å². The Labute approximate surface area is 115 Å². The van der Waals surface area contributed by atoms with E-state index < -0.39 is 5.82 Å². The van der Waals surface area contributed by atoms with E-state index in [1.807, 2.05) is 20.8 Å². The lowest BCUT2D eigenvalue weighted by Gasteiger charge is -2.12. The van der Waals surface area contributed by atoms with Gasteiger partial charge < -0.3 is 14.9 Å². The van der Waals surface area contributed by atoms with Crippen LogP contribution in [0.2, 0.25) is 0 Å². The summed E-state index contributed by atoms with van der Waals surface area (Å²) in [5.74, 6) is -0.297. The topological polar surface area (TPSA) is 61.3 Å². The standard InChI is InChI=1S/C13H15FN2O2S/c1-7(2)18-11-5-12(10(15)4-9(11)14)19-13-16-8(3)6-17-13/h4-7H,15H2,1-3H3. The second-order valence-corrected chi connectivity index (χ2v) is 5.34. The van der Waals surface area contributed by atoms with Crippen molar-refractivity contribution in [2.24, 2.45) is 0 Å². The Bertz CT molecular complexity index is 584. The average molecular weight is 282 g/mol. The maximum atomic E-state index is 13.7. The van der Waals surface area contributed by atoms with Gasteiger partial charge in [0.1, 0.15) is 6.26 Å². The number of aromatic nitrogens is 1. The minimum absolute atomic E-state index is 0.111. The quantitative estimate of drug-likeness (QED) is 0.867. The fourth-order valence-electron chi connectivity index (χ4n) is 1.46. The number of benzene rings is 1. The van der Waals surface area contributed by atoms with Crippen LogP contribution in [0, 0.1) is 12.7 Å². The van der Waals surface area contributed by atoms with Crippen LogP contribution < -0.4 is 10.5 Å².